The SMILES string of the molecule is CCOC(=O)c1cnc(Cl)o1.COc1ncc(C(=O)O)o1. The quantitative estimate of drug-likeness (QED) is 0.841. The highest BCUT2D eigenvalue weighted by Crippen LogP contribution is 2.10. The Hall–Kier alpha value is -2.55. The number of ether oxygens (including phenoxy) is 2. The van der Waals surface area contributed by atoms with Gasteiger partial charge in [0, 0.05) is 0 Å². The van der Waals surface area contributed by atoms with E-state index in [9.17, 15) is 9.59 Å². The van der Waals surface area contributed by atoms with Crippen LogP contribution in [0.25, 0.3) is 0 Å². The van der Waals surface area contributed by atoms with Gasteiger partial charge >= 0.3 is 18.0 Å². The Bertz CT molecular complexity index is 607. The molecular formula is C11H11ClN2O7. The maximum Gasteiger partial charge on any atom is 0.393 e. The summed E-state index contributed by atoms with van der Waals surface area (Å²) in [4.78, 5) is 28.0. The molecule has 0 spiro atoms. The predicted octanol–water partition coefficient (Wildman–Crippen LogP) is 1.89. The Morgan fingerprint density at radius 3 is 2.33 bits per heavy atom. The second kappa shape index (κ2) is 7.90. The molecule has 0 bridgehead atoms. The lowest BCUT2D eigenvalue weighted by molar-refractivity contribution is 0.0489. The second-order valence-electron chi connectivity index (χ2n) is 3.20. The average Bonchev–Trinajstić information content (AvgIpc) is 3.08. The molecule has 0 aliphatic rings. The lowest BCUT2D eigenvalue weighted by Crippen LogP contribution is -2.02. The molecule has 0 aromatic carbocycles. The van der Waals surface area contributed by atoms with Crippen molar-refractivity contribution in [2.45, 2.75) is 6.92 Å². The van der Waals surface area contributed by atoms with Crippen molar-refractivity contribution in [3.8, 4) is 6.08 Å². The van der Waals surface area contributed by atoms with E-state index in [0.717, 1.165) is 6.20 Å². The van der Waals surface area contributed by atoms with Crippen LogP contribution in [0.15, 0.2) is 21.2 Å². The van der Waals surface area contributed by atoms with Crippen molar-refractivity contribution >= 4 is 23.5 Å². The summed E-state index contributed by atoms with van der Waals surface area (Å²) in [5.41, 5.74) is 0. The molecule has 9 nitrogen and oxygen atoms in total. The molecule has 2 aromatic heterocycles. The Morgan fingerprint density at radius 2 is 1.95 bits per heavy atom. The Labute approximate surface area is 123 Å². The van der Waals surface area contributed by atoms with Crippen molar-refractivity contribution in [2.75, 3.05) is 13.7 Å². The highest BCUT2D eigenvalue weighted by atomic mass is 35.5. The van der Waals surface area contributed by atoms with Crippen molar-refractivity contribution in [3.05, 3.63) is 29.3 Å². The summed E-state index contributed by atoms with van der Waals surface area (Å²) < 4.78 is 18.4. The molecule has 0 radical (unpaired) electrons. The van der Waals surface area contributed by atoms with Crippen LogP contribution in [0.5, 0.6) is 6.08 Å². The number of nitrogens with zero attached hydrogens (tertiary/aromatic N) is 2. The van der Waals surface area contributed by atoms with E-state index in [1.54, 1.807) is 6.92 Å². The van der Waals surface area contributed by atoms with Crippen LogP contribution in [-0.2, 0) is 4.74 Å². The molecule has 114 valence electrons. The summed E-state index contributed by atoms with van der Waals surface area (Å²) in [6.07, 6.45) is 2.26. The standard InChI is InChI=1S/C6H6ClNO3.C5H5NO4/c1-2-10-5(9)4-3-8-6(7)11-4;1-9-5-6-2-3(10-5)4(7)8/h3H,2H2,1H3;2H,1H3,(H,7,8). The minimum absolute atomic E-state index is 0.0249. The first-order valence-corrected chi connectivity index (χ1v) is 5.87. The molecule has 0 aliphatic carbocycles. The minimum Gasteiger partial charge on any atom is -0.475 e. The Balaban J connectivity index is 0.000000211. The van der Waals surface area contributed by atoms with Gasteiger partial charge in [-0.25, -0.2) is 14.6 Å². The first kappa shape index (κ1) is 16.5. The summed E-state index contributed by atoms with van der Waals surface area (Å²) in [6, 6.07) is 0. The number of hydrogen-bond donors (Lipinski definition) is 1. The van der Waals surface area contributed by atoms with Gasteiger partial charge in [-0.05, 0) is 18.5 Å². The van der Waals surface area contributed by atoms with Gasteiger partial charge in [-0.2, -0.15) is 4.98 Å². The van der Waals surface area contributed by atoms with Gasteiger partial charge in [0.2, 0.25) is 11.5 Å². The molecule has 1 N–H and O–H groups in total. The van der Waals surface area contributed by atoms with Gasteiger partial charge in [0.15, 0.2) is 0 Å². The highest BCUT2D eigenvalue weighted by Gasteiger charge is 2.11. The third-order valence-electron chi connectivity index (χ3n) is 1.82. The van der Waals surface area contributed by atoms with Crippen LogP contribution in [0.4, 0.5) is 0 Å². The largest absolute Gasteiger partial charge is 0.475 e. The number of methoxy groups -OCH3 is 1. The van der Waals surface area contributed by atoms with Gasteiger partial charge < -0.3 is 23.4 Å². The van der Waals surface area contributed by atoms with Crippen molar-refractivity contribution in [3.63, 3.8) is 0 Å². The number of rotatable bonds is 4. The fourth-order valence-electron chi connectivity index (χ4n) is 1.00. The Kier molecular flexibility index (Phi) is 6.21. The summed E-state index contributed by atoms with van der Waals surface area (Å²) in [6.45, 7) is 2.01. The number of hydrogen-bond acceptors (Lipinski definition) is 8. The van der Waals surface area contributed by atoms with Crippen LogP contribution >= 0.6 is 11.6 Å². The zero-order valence-corrected chi connectivity index (χ0v) is 11.8. The third-order valence-corrected chi connectivity index (χ3v) is 2.00. The summed E-state index contributed by atoms with van der Waals surface area (Å²) in [5.74, 6) is -1.91. The molecule has 2 aromatic rings. The number of aromatic nitrogens is 2. The number of carbonyl (C=O) groups excluding carboxylic acids is 1. The molecule has 0 saturated carbocycles. The van der Waals surface area contributed by atoms with Crippen LogP contribution in [0.3, 0.4) is 0 Å². The minimum atomic E-state index is -1.16. The molecule has 10 heteroatoms. The lowest BCUT2D eigenvalue weighted by Gasteiger charge is -1.94. The van der Waals surface area contributed by atoms with Crippen LogP contribution < -0.4 is 4.74 Å². The zero-order valence-electron chi connectivity index (χ0n) is 11.0. The maximum absolute atomic E-state index is 10.8. The fourth-order valence-corrected chi connectivity index (χ4v) is 1.13. The van der Waals surface area contributed by atoms with Gasteiger partial charge in [0.25, 0.3) is 5.35 Å². The van der Waals surface area contributed by atoms with E-state index in [-0.39, 0.29) is 22.9 Å². The number of halogens is 1. The van der Waals surface area contributed by atoms with Crippen LogP contribution in [0.2, 0.25) is 5.35 Å². The summed E-state index contributed by atoms with van der Waals surface area (Å²) >= 11 is 5.32. The van der Waals surface area contributed by atoms with Gasteiger partial charge in [-0.1, -0.05) is 0 Å². The molecule has 2 heterocycles. The number of oxazole rings is 2. The number of aromatic carboxylic acids is 1. The van der Waals surface area contributed by atoms with E-state index in [0.29, 0.717) is 6.61 Å². The number of esters is 1. The normalized spacial score (nSPS) is 9.48. The van der Waals surface area contributed by atoms with Gasteiger partial charge in [-0.3, -0.25) is 0 Å². The van der Waals surface area contributed by atoms with E-state index >= 15 is 0 Å². The van der Waals surface area contributed by atoms with Crippen LogP contribution in [-0.4, -0.2) is 40.7 Å². The smallest absolute Gasteiger partial charge is 0.393 e. The van der Waals surface area contributed by atoms with E-state index in [2.05, 4.69) is 28.3 Å². The molecule has 0 amide bonds. The van der Waals surface area contributed by atoms with Crippen molar-refractivity contribution in [1.82, 2.24) is 9.97 Å². The van der Waals surface area contributed by atoms with Crippen molar-refractivity contribution in [2.24, 2.45) is 0 Å². The summed E-state index contributed by atoms with van der Waals surface area (Å²) in [5, 5.41) is 8.24. The van der Waals surface area contributed by atoms with E-state index in [1.165, 1.54) is 13.3 Å². The van der Waals surface area contributed by atoms with E-state index in [1.807, 2.05) is 0 Å². The molecule has 0 unspecified atom stereocenters. The van der Waals surface area contributed by atoms with E-state index < -0.39 is 11.9 Å². The molecule has 0 atom stereocenters. The maximum atomic E-state index is 10.8. The monoisotopic (exact) mass is 318 g/mol. The molecular weight excluding hydrogens is 308 g/mol. The average molecular weight is 319 g/mol. The second-order valence-corrected chi connectivity index (χ2v) is 3.52. The molecule has 21 heavy (non-hydrogen) atoms. The highest BCUT2D eigenvalue weighted by molar-refractivity contribution is 6.27. The van der Waals surface area contributed by atoms with Gasteiger partial charge in [-0.15, -0.1) is 0 Å². The number of carboxylic acid groups (broad SMARTS) is 1. The molecule has 0 fully saturated rings. The third kappa shape index (κ3) is 5.15. The van der Waals surface area contributed by atoms with Crippen molar-refractivity contribution < 1.29 is 33.0 Å². The van der Waals surface area contributed by atoms with Gasteiger partial charge in [0.1, 0.15) is 0 Å². The topological polar surface area (TPSA) is 125 Å². The van der Waals surface area contributed by atoms with Crippen LogP contribution in [0.1, 0.15) is 28.0 Å². The first-order valence-electron chi connectivity index (χ1n) is 5.49. The first-order chi connectivity index (χ1) is 9.97. The fraction of sp³-hybridized carbons (Fsp3) is 0.273. The molecule has 0 saturated heterocycles. The lowest BCUT2D eigenvalue weighted by atomic mass is 10.5. The Morgan fingerprint density at radius 1 is 1.29 bits per heavy atom. The number of carboxylic acids is 1. The summed E-state index contributed by atoms with van der Waals surface area (Å²) in [7, 11) is 1.34. The van der Waals surface area contributed by atoms with Gasteiger partial charge in [0.05, 0.1) is 26.1 Å². The number of carbonyl (C=O) groups is 2. The zero-order chi connectivity index (χ0) is 15.8. The molecule has 0 aliphatic heterocycles. The predicted molar refractivity (Wildman–Crippen MR) is 67.5 cm³/mol. The molecule has 2 rings (SSSR count). The van der Waals surface area contributed by atoms with Crippen LogP contribution in [0, 0.1) is 0 Å². The van der Waals surface area contributed by atoms with Crippen molar-refractivity contribution in [1.29, 1.82) is 0 Å². The van der Waals surface area contributed by atoms with E-state index in [4.69, 9.17) is 16.7 Å².